The lowest BCUT2D eigenvalue weighted by Crippen LogP contribution is -2.20. The van der Waals surface area contributed by atoms with Crippen molar-refractivity contribution in [2.24, 2.45) is 15.6 Å². The minimum Gasteiger partial charge on any atom is -0.478 e. The largest absolute Gasteiger partial charge is 0.478 e. The Bertz CT molecular complexity index is 2540. The summed E-state index contributed by atoms with van der Waals surface area (Å²) in [4.78, 5) is 32.1. The lowest BCUT2D eigenvalue weighted by Gasteiger charge is -2.12. The van der Waals surface area contributed by atoms with E-state index in [2.05, 4.69) is 20.7 Å². The van der Waals surface area contributed by atoms with Gasteiger partial charge in [0.1, 0.15) is 21.3 Å². The molecule has 0 amide bonds. The maximum atomic E-state index is 11.7. The van der Waals surface area contributed by atoms with Crippen molar-refractivity contribution in [1.29, 1.82) is 0 Å². The number of methoxy groups -OCH3 is 1. The standard InChI is InChI=1S/C13H13ClN2O5S.C12H11ClN2O5S.C8H10N2O3S/c1-20-13(17)9-5-12(22(15,18)19)11(6-10(9)14)16-7-8-3-2-4-21-8;13-9-5-10(15-6-7-2-1-3-20-7)11(21(14,18)19)4-8(9)12(16)17;1-7-3-5-8(6-4-7)14(12,13)10(2)9-11/h2-6,16H,7H2,1H3,(H2,15,18,19);1-5,15H,6H2,(H,16,17)(H2,14,18,19);3-6H,1-2H3. The molecule has 5 rings (SSSR count). The third kappa shape index (κ3) is 12.8. The summed E-state index contributed by atoms with van der Waals surface area (Å²) in [5, 5.41) is 27.2. The van der Waals surface area contributed by atoms with Crippen LogP contribution in [0.5, 0.6) is 0 Å². The molecule has 0 aliphatic heterocycles. The van der Waals surface area contributed by atoms with E-state index in [0.717, 1.165) is 24.7 Å². The van der Waals surface area contributed by atoms with Gasteiger partial charge in [-0.25, -0.2) is 36.7 Å². The number of carboxylic acid groups (broad SMARTS) is 1. The molecule has 0 fully saturated rings. The molecule has 19 nitrogen and oxygen atoms in total. The number of aryl methyl sites for hydroxylation is 1. The minimum atomic E-state index is -4.11. The number of hydrogen-bond acceptors (Lipinski definition) is 15. The molecule has 306 valence electrons. The maximum absolute atomic E-state index is 11.7. The number of nitroso groups, excluding NO2 is 1. The fourth-order valence-electron chi connectivity index (χ4n) is 4.38. The third-order valence-electron chi connectivity index (χ3n) is 7.24. The third-order valence-corrected chi connectivity index (χ3v) is 11.4. The number of carboxylic acids is 1. The molecular weight excluding hydrogens is 855 g/mol. The quantitative estimate of drug-likeness (QED) is 0.0579. The molecule has 0 saturated carbocycles. The number of nitrogens with one attached hydrogen (secondary N) is 2. The highest BCUT2D eigenvalue weighted by Gasteiger charge is 2.23. The Morgan fingerprint density at radius 2 is 1.23 bits per heavy atom. The minimum absolute atomic E-state index is 0.0428. The van der Waals surface area contributed by atoms with E-state index in [1.807, 2.05) is 6.92 Å². The van der Waals surface area contributed by atoms with Gasteiger partial charge in [0, 0.05) is 7.05 Å². The molecule has 0 radical (unpaired) electrons. The van der Waals surface area contributed by atoms with Crippen LogP contribution in [0.15, 0.2) is 114 Å². The van der Waals surface area contributed by atoms with Crippen LogP contribution in [0.25, 0.3) is 0 Å². The number of esters is 1. The number of benzene rings is 3. The molecule has 0 unspecified atom stereocenters. The first kappa shape index (κ1) is 45.9. The normalized spacial score (nSPS) is 11.2. The molecule has 0 saturated heterocycles. The second kappa shape index (κ2) is 19.6. The number of nitrogens with two attached hydrogens (primary N) is 2. The molecule has 2 heterocycles. The molecule has 24 heteroatoms. The van der Waals surface area contributed by atoms with E-state index in [9.17, 15) is 39.7 Å². The number of halogens is 2. The smallest absolute Gasteiger partial charge is 0.339 e. The lowest BCUT2D eigenvalue weighted by molar-refractivity contribution is 0.0599. The van der Waals surface area contributed by atoms with Gasteiger partial charge >= 0.3 is 11.9 Å². The van der Waals surface area contributed by atoms with E-state index >= 15 is 0 Å². The van der Waals surface area contributed by atoms with E-state index < -0.39 is 42.0 Å². The highest BCUT2D eigenvalue weighted by atomic mass is 35.5. The first-order chi connectivity index (χ1) is 26.6. The number of furan rings is 2. The molecule has 0 aliphatic rings. The van der Waals surface area contributed by atoms with E-state index in [4.69, 9.17) is 47.4 Å². The highest BCUT2D eigenvalue weighted by Crippen LogP contribution is 2.30. The molecule has 2 aromatic heterocycles. The Hall–Kier alpha value is -5.49. The number of sulfonamides is 3. The first-order valence-electron chi connectivity index (χ1n) is 15.6. The summed E-state index contributed by atoms with van der Waals surface area (Å²) in [6.45, 7) is 2.26. The predicted octanol–water partition coefficient (Wildman–Crippen LogP) is 5.17. The summed E-state index contributed by atoms with van der Waals surface area (Å²) in [7, 11) is -9.66. The summed E-state index contributed by atoms with van der Waals surface area (Å²) in [6, 6.07) is 17.5. The number of carbonyl (C=O) groups excluding carboxylic acids is 1. The van der Waals surface area contributed by atoms with Crippen molar-refractivity contribution in [1.82, 2.24) is 4.41 Å². The van der Waals surface area contributed by atoms with Crippen LogP contribution in [0.1, 0.15) is 37.8 Å². The molecule has 0 spiro atoms. The van der Waals surface area contributed by atoms with Crippen LogP contribution in [0.4, 0.5) is 11.4 Å². The number of anilines is 2. The fourth-order valence-corrected chi connectivity index (χ4v) is 7.18. The summed E-state index contributed by atoms with van der Waals surface area (Å²) in [5.41, 5.74) is 0.784. The maximum Gasteiger partial charge on any atom is 0.339 e. The van der Waals surface area contributed by atoms with Crippen molar-refractivity contribution in [2.45, 2.75) is 34.7 Å². The topological polar surface area (TPSA) is 301 Å². The first-order valence-corrected chi connectivity index (χ1v) is 20.8. The lowest BCUT2D eigenvalue weighted by atomic mass is 10.2. The number of hydrogen-bond donors (Lipinski definition) is 5. The Kier molecular flexibility index (Phi) is 15.8. The number of nitrogens with zero attached hydrogens (tertiary/aromatic N) is 2. The van der Waals surface area contributed by atoms with Gasteiger partial charge in [-0.3, -0.25) is 0 Å². The zero-order chi connectivity index (χ0) is 42.7. The van der Waals surface area contributed by atoms with E-state index in [-0.39, 0.29) is 60.3 Å². The molecule has 7 N–H and O–H groups in total. The van der Waals surface area contributed by atoms with Crippen molar-refractivity contribution in [3.05, 3.63) is 128 Å². The van der Waals surface area contributed by atoms with Gasteiger partial charge in [-0.2, -0.15) is 12.8 Å². The van der Waals surface area contributed by atoms with Gasteiger partial charge < -0.3 is 29.3 Å². The van der Waals surface area contributed by atoms with E-state index in [1.165, 1.54) is 43.9 Å². The zero-order valence-corrected chi connectivity index (χ0v) is 33.8. The average Bonchev–Trinajstić information content (AvgIpc) is 3.87. The van der Waals surface area contributed by atoms with Crippen LogP contribution in [-0.2, 0) is 47.9 Å². The Labute approximate surface area is 336 Å². The average molecular weight is 890 g/mol. The van der Waals surface area contributed by atoms with Crippen LogP contribution in [0.3, 0.4) is 0 Å². The number of primary sulfonamides is 2. The van der Waals surface area contributed by atoms with E-state index in [1.54, 1.807) is 36.4 Å². The van der Waals surface area contributed by atoms with Crippen LogP contribution in [0.2, 0.25) is 10.0 Å². The summed E-state index contributed by atoms with van der Waals surface area (Å²) in [6.07, 6.45) is 2.96. The van der Waals surface area contributed by atoms with Crippen LogP contribution in [0, 0.1) is 11.8 Å². The van der Waals surface area contributed by atoms with Crippen molar-refractivity contribution in [3.63, 3.8) is 0 Å². The summed E-state index contributed by atoms with van der Waals surface area (Å²) >= 11 is 11.8. The van der Waals surface area contributed by atoms with Gasteiger partial charge in [-0.05, 0) is 67.6 Å². The molecule has 0 aliphatic carbocycles. The van der Waals surface area contributed by atoms with Gasteiger partial charge in [-0.1, -0.05) is 40.9 Å². The molecule has 0 bridgehead atoms. The van der Waals surface area contributed by atoms with Gasteiger partial charge in [0.15, 0.2) is 0 Å². The van der Waals surface area contributed by atoms with Gasteiger partial charge in [0.05, 0.1) is 75.5 Å². The molecule has 5 aromatic rings. The summed E-state index contributed by atoms with van der Waals surface area (Å²) in [5.74, 6) is -0.947. The Balaban J connectivity index is 0.000000235. The number of rotatable bonds is 13. The number of aromatic carboxylic acids is 1. The number of ether oxygens (including phenoxy) is 1. The molecule has 3 aromatic carbocycles. The monoisotopic (exact) mass is 888 g/mol. The van der Waals surface area contributed by atoms with Crippen molar-refractivity contribution in [3.8, 4) is 0 Å². The second-order valence-corrected chi connectivity index (χ2v) is 17.1. The van der Waals surface area contributed by atoms with Crippen LogP contribution in [-0.4, -0.2) is 60.9 Å². The van der Waals surface area contributed by atoms with Gasteiger partial charge in [0.2, 0.25) is 20.0 Å². The summed E-state index contributed by atoms with van der Waals surface area (Å²) < 4.78 is 84.8. The Morgan fingerprint density at radius 3 is 1.60 bits per heavy atom. The van der Waals surface area contributed by atoms with Crippen molar-refractivity contribution >= 4 is 76.6 Å². The Morgan fingerprint density at radius 1 is 0.789 bits per heavy atom. The van der Waals surface area contributed by atoms with Gasteiger partial charge in [-0.15, -0.1) is 4.91 Å². The predicted molar refractivity (Wildman–Crippen MR) is 208 cm³/mol. The molecule has 0 atom stereocenters. The molecular formula is C33H34Cl2N6O13S3. The fraction of sp³-hybridized carbons (Fsp3) is 0.152. The van der Waals surface area contributed by atoms with E-state index in [0.29, 0.717) is 15.9 Å². The van der Waals surface area contributed by atoms with Crippen LogP contribution >= 0.6 is 23.2 Å². The second-order valence-electron chi connectivity index (χ2n) is 11.2. The number of carbonyl (C=O) groups is 2. The zero-order valence-electron chi connectivity index (χ0n) is 29.9. The van der Waals surface area contributed by atoms with Crippen molar-refractivity contribution in [2.75, 3.05) is 24.8 Å². The molecule has 57 heavy (non-hydrogen) atoms. The van der Waals surface area contributed by atoms with Crippen LogP contribution < -0.4 is 20.9 Å². The van der Waals surface area contributed by atoms with Crippen molar-refractivity contribution < 1.29 is 53.5 Å². The highest BCUT2D eigenvalue weighted by molar-refractivity contribution is 7.89. The SMILES string of the molecule is COC(=O)c1cc(S(N)(=O)=O)c(NCc2ccco2)cc1Cl.Cc1ccc(S(=O)(=O)N(C)N=O)cc1.NS(=O)(=O)c1cc(C(=O)O)c(Cl)cc1NCc1ccco1. The van der Waals surface area contributed by atoms with Gasteiger partial charge in [0.25, 0.3) is 10.0 Å².